The van der Waals surface area contributed by atoms with E-state index in [2.05, 4.69) is 16.4 Å². The van der Waals surface area contributed by atoms with Gasteiger partial charge in [0.05, 0.1) is 6.04 Å². The number of rotatable bonds is 2. The zero-order valence-electron chi connectivity index (χ0n) is 7.46. The molecule has 0 aromatic carbocycles. The predicted molar refractivity (Wildman–Crippen MR) is 61.8 cm³/mol. The third-order valence-corrected chi connectivity index (χ3v) is 2.67. The number of hydrogen-bond acceptors (Lipinski definition) is 3. The quantitative estimate of drug-likeness (QED) is 0.855. The van der Waals surface area contributed by atoms with E-state index in [1.165, 1.54) is 0 Å². The Morgan fingerprint density at radius 1 is 1.14 bits per heavy atom. The van der Waals surface area contributed by atoms with E-state index in [0.29, 0.717) is 0 Å². The molecule has 2 rings (SSSR count). The van der Waals surface area contributed by atoms with Gasteiger partial charge in [0.15, 0.2) is 0 Å². The van der Waals surface area contributed by atoms with Crippen molar-refractivity contribution in [2.45, 2.75) is 6.04 Å². The molecule has 0 unspecified atom stereocenters. The third-order valence-electron chi connectivity index (χ3n) is 1.97. The first-order valence-corrected chi connectivity index (χ1v) is 5.00. The summed E-state index contributed by atoms with van der Waals surface area (Å²) < 4.78 is 0. The van der Waals surface area contributed by atoms with E-state index in [9.17, 15) is 0 Å². The van der Waals surface area contributed by atoms with Crippen molar-refractivity contribution in [2.75, 3.05) is 0 Å². The smallest absolute Gasteiger partial charge is 0.0560 e. The SMILES string of the molecule is Cl.N[C@H](c1ccncc1)c1ccsc1. The predicted octanol–water partition coefficient (Wildman–Crippen LogP) is 2.61. The molecule has 0 bridgehead atoms. The zero-order valence-corrected chi connectivity index (χ0v) is 9.09. The molecule has 0 radical (unpaired) electrons. The molecule has 0 aliphatic rings. The summed E-state index contributed by atoms with van der Waals surface area (Å²) in [5.74, 6) is 0. The molecular formula is C10H11ClN2S. The van der Waals surface area contributed by atoms with Gasteiger partial charge >= 0.3 is 0 Å². The van der Waals surface area contributed by atoms with Crippen molar-refractivity contribution in [2.24, 2.45) is 5.73 Å². The second kappa shape index (κ2) is 5.10. The van der Waals surface area contributed by atoms with Gasteiger partial charge in [-0.1, -0.05) is 0 Å². The Kier molecular flexibility index (Phi) is 4.07. The standard InChI is InChI=1S/C10H10N2S.ClH/c11-10(9-3-6-13-7-9)8-1-4-12-5-2-8;/h1-7,10H,11H2;1H/t10-;/m1./s1. The number of hydrogen-bond donors (Lipinski definition) is 1. The molecule has 2 N–H and O–H groups in total. The molecule has 2 heterocycles. The van der Waals surface area contributed by atoms with Crippen LogP contribution in [0.4, 0.5) is 0 Å². The highest BCUT2D eigenvalue weighted by molar-refractivity contribution is 7.08. The van der Waals surface area contributed by atoms with Crippen LogP contribution in [-0.2, 0) is 0 Å². The Morgan fingerprint density at radius 2 is 1.86 bits per heavy atom. The molecule has 2 aromatic rings. The van der Waals surface area contributed by atoms with E-state index < -0.39 is 0 Å². The van der Waals surface area contributed by atoms with Gasteiger partial charge in [0.2, 0.25) is 0 Å². The van der Waals surface area contributed by atoms with Crippen molar-refractivity contribution >= 4 is 23.7 Å². The maximum atomic E-state index is 6.04. The van der Waals surface area contributed by atoms with Crippen LogP contribution in [0, 0.1) is 0 Å². The first kappa shape index (κ1) is 11.2. The minimum absolute atomic E-state index is 0. The molecule has 0 saturated heterocycles. The second-order valence-corrected chi connectivity index (χ2v) is 3.59. The monoisotopic (exact) mass is 226 g/mol. The maximum absolute atomic E-state index is 6.04. The van der Waals surface area contributed by atoms with Crippen molar-refractivity contribution in [3.63, 3.8) is 0 Å². The fraction of sp³-hybridized carbons (Fsp3) is 0.100. The van der Waals surface area contributed by atoms with Gasteiger partial charge in [-0.25, -0.2) is 0 Å². The van der Waals surface area contributed by atoms with Gasteiger partial charge in [0.25, 0.3) is 0 Å². The topological polar surface area (TPSA) is 38.9 Å². The van der Waals surface area contributed by atoms with Crippen LogP contribution in [0.5, 0.6) is 0 Å². The lowest BCUT2D eigenvalue weighted by Gasteiger charge is -2.08. The fourth-order valence-corrected chi connectivity index (χ4v) is 1.91. The van der Waals surface area contributed by atoms with Gasteiger partial charge in [0, 0.05) is 12.4 Å². The molecule has 0 saturated carbocycles. The number of aromatic nitrogens is 1. The van der Waals surface area contributed by atoms with Crippen LogP contribution in [0.2, 0.25) is 0 Å². The largest absolute Gasteiger partial charge is 0.320 e. The van der Waals surface area contributed by atoms with Crippen LogP contribution in [0.1, 0.15) is 17.2 Å². The Labute approximate surface area is 93.2 Å². The van der Waals surface area contributed by atoms with Crippen molar-refractivity contribution in [1.82, 2.24) is 4.98 Å². The van der Waals surface area contributed by atoms with E-state index in [1.807, 2.05) is 17.5 Å². The van der Waals surface area contributed by atoms with Crippen LogP contribution in [-0.4, -0.2) is 4.98 Å². The lowest BCUT2D eigenvalue weighted by Crippen LogP contribution is -2.10. The van der Waals surface area contributed by atoms with Gasteiger partial charge in [-0.15, -0.1) is 12.4 Å². The summed E-state index contributed by atoms with van der Waals surface area (Å²) in [6, 6.07) is 5.93. The molecule has 0 amide bonds. The Balaban J connectivity index is 0.000000980. The molecule has 14 heavy (non-hydrogen) atoms. The van der Waals surface area contributed by atoms with Crippen LogP contribution < -0.4 is 5.73 Å². The molecule has 0 aliphatic carbocycles. The van der Waals surface area contributed by atoms with E-state index in [4.69, 9.17) is 5.73 Å². The lowest BCUT2D eigenvalue weighted by molar-refractivity contribution is 0.873. The molecule has 0 spiro atoms. The first-order chi connectivity index (χ1) is 6.38. The number of nitrogens with two attached hydrogens (primary N) is 1. The minimum Gasteiger partial charge on any atom is -0.320 e. The molecule has 74 valence electrons. The molecule has 2 nitrogen and oxygen atoms in total. The average molecular weight is 227 g/mol. The lowest BCUT2D eigenvalue weighted by atomic mass is 10.0. The third kappa shape index (κ3) is 2.32. The van der Waals surface area contributed by atoms with Gasteiger partial charge in [-0.2, -0.15) is 11.3 Å². The number of halogens is 1. The number of pyridine rings is 1. The minimum atomic E-state index is -0.0192. The molecule has 2 aromatic heterocycles. The summed E-state index contributed by atoms with van der Waals surface area (Å²) in [5.41, 5.74) is 8.31. The highest BCUT2D eigenvalue weighted by atomic mass is 35.5. The summed E-state index contributed by atoms with van der Waals surface area (Å²) in [7, 11) is 0. The van der Waals surface area contributed by atoms with Crippen molar-refractivity contribution in [3.05, 3.63) is 52.5 Å². The summed E-state index contributed by atoms with van der Waals surface area (Å²) in [6.07, 6.45) is 3.53. The van der Waals surface area contributed by atoms with Crippen molar-refractivity contribution in [3.8, 4) is 0 Å². The Bertz CT molecular complexity index is 361. The second-order valence-electron chi connectivity index (χ2n) is 2.81. The van der Waals surface area contributed by atoms with Crippen molar-refractivity contribution < 1.29 is 0 Å². The normalized spacial score (nSPS) is 11.8. The van der Waals surface area contributed by atoms with Gasteiger partial charge < -0.3 is 5.73 Å². The van der Waals surface area contributed by atoms with Gasteiger partial charge in [0.1, 0.15) is 0 Å². The Morgan fingerprint density at radius 3 is 2.43 bits per heavy atom. The van der Waals surface area contributed by atoms with Crippen molar-refractivity contribution in [1.29, 1.82) is 0 Å². The molecular weight excluding hydrogens is 216 g/mol. The van der Waals surface area contributed by atoms with Crippen LogP contribution in [0.25, 0.3) is 0 Å². The van der Waals surface area contributed by atoms with Crippen LogP contribution in [0.3, 0.4) is 0 Å². The molecule has 0 aliphatic heterocycles. The van der Waals surface area contributed by atoms with Crippen LogP contribution >= 0.6 is 23.7 Å². The maximum Gasteiger partial charge on any atom is 0.0560 e. The van der Waals surface area contributed by atoms with Crippen LogP contribution in [0.15, 0.2) is 41.4 Å². The molecule has 1 atom stereocenters. The summed E-state index contributed by atoms with van der Waals surface area (Å²) in [4.78, 5) is 3.96. The number of thiophene rings is 1. The average Bonchev–Trinajstić information content (AvgIpc) is 2.71. The van der Waals surface area contributed by atoms with E-state index in [-0.39, 0.29) is 18.4 Å². The summed E-state index contributed by atoms with van der Waals surface area (Å²) in [5, 5.41) is 4.11. The van der Waals surface area contributed by atoms with Gasteiger partial charge in [-0.3, -0.25) is 4.98 Å². The van der Waals surface area contributed by atoms with E-state index >= 15 is 0 Å². The summed E-state index contributed by atoms with van der Waals surface area (Å²) in [6.45, 7) is 0. The summed E-state index contributed by atoms with van der Waals surface area (Å²) >= 11 is 1.67. The fourth-order valence-electron chi connectivity index (χ4n) is 1.22. The van der Waals surface area contributed by atoms with Gasteiger partial charge in [-0.05, 0) is 40.1 Å². The first-order valence-electron chi connectivity index (χ1n) is 4.05. The zero-order chi connectivity index (χ0) is 9.10. The Hall–Kier alpha value is -0.900. The highest BCUT2D eigenvalue weighted by Gasteiger charge is 2.07. The van der Waals surface area contributed by atoms with E-state index in [1.54, 1.807) is 23.7 Å². The molecule has 0 fully saturated rings. The number of nitrogens with zero attached hydrogens (tertiary/aromatic N) is 1. The highest BCUT2D eigenvalue weighted by Crippen LogP contribution is 2.20. The van der Waals surface area contributed by atoms with E-state index in [0.717, 1.165) is 11.1 Å². The molecule has 4 heteroatoms.